The van der Waals surface area contributed by atoms with Gasteiger partial charge in [-0.05, 0) is 32.8 Å². The first-order valence-electron chi connectivity index (χ1n) is 11.1. The number of benzene rings is 1. The van der Waals surface area contributed by atoms with Gasteiger partial charge in [-0.25, -0.2) is 9.48 Å². The number of hydrogen-bond donors (Lipinski definition) is 0. The summed E-state index contributed by atoms with van der Waals surface area (Å²) in [4.78, 5) is 27.9. The first kappa shape index (κ1) is 23.3. The van der Waals surface area contributed by atoms with E-state index < -0.39 is 0 Å². The predicted octanol–water partition coefficient (Wildman–Crippen LogP) is 3.35. The number of halogens is 1. The highest BCUT2D eigenvalue weighted by atomic mass is 35.5. The summed E-state index contributed by atoms with van der Waals surface area (Å²) in [5, 5.41) is 9.21. The molecule has 0 aliphatic carbocycles. The normalized spacial score (nSPS) is 14.7. The SMILES string of the molecule is CCn1c(C2CCN(C(=O)c3c(-c4ccccc4Cl)noc3C)CC2)nn(CCOC)c1=O. The highest BCUT2D eigenvalue weighted by molar-refractivity contribution is 6.33. The van der Waals surface area contributed by atoms with Gasteiger partial charge in [0.05, 0.1) is 18.2 Å². The molecule has 33 heavy (non-hydrogen) atoms. The first-order valence-corrected chi connectivity index (χ1v) is 11.5. The molecule has 1 saturated heterocycles. The summed E-state index contributed by atoms with van der Waals surface area (Å²) >= 11 is 6.34. The number of likely N-dealkylation sites (tertiary alicyclic amines) is 1. The van der Waals surface area contributed by atoms with Gasteiger partial charge in [-0.2, -0.15) is 5.10 Å². The molecule has 3 aromatic rings. The third-order valence-corrected chi connectivity index (χ3v) is 6.46. The lowest BCUT2D eigenvalue weighted by Crippen LogP contribution is -2.39. The number of ether oxygens (including phenoxy) is 1. The molecule has 176 valence electrons. The van der Waals surface area contributed by atoms with Gasteiger partial charge in [0.1, 0.15) is 22.8 Å². The van der Waals surface area contributed by atoms with Crippen LogP contribution < -0.4 is 5.69 Å². The summed E-state index contributed by atoms with van der Waals surface area (Å²) < 4.78 is 13.6. The fourth-order valence-corrected chi connectivity index (χ4v) is 4.57. The van der Waals surface area contributed by atoms with Crippen LogP contribution in [0.1, 0.15) is 47.6 Å². The maximum atomic E-state index is 13.4. The summed E-state index contributed by atoms with van der Waals surface area (Å²) in [7, 11) is 1.60. The molecule has 0 atom stereocenters. The number of carbonyl (C=O) groups is 1. The van der Waals surface area contributed by atoms with Crippen molar-refractivity contribution in [1.82, 2.24) is 24.4 Å². The topological polar surface area (TPSA) is 95.4 Å². The van der Waals surface area contributed by atoms with Crippen molar-refractivity contribution in [2.45, 2.75) is 45.7 Å². The van der Waals surface area contributed by atoms with Crippen molar-refractivity contribution in [2.24, 2.45) is 0 Å². The number of hydrogen-bond acceptors (Lipinski definition) is 6. The highest BCUT2D eigenvalue weighted by Gasteiger charge is 2.32. The predicted molar refractivity (Wildman–Crippen MR) is 124 cm³/mol. The highest BCUT2D eigenvalue weighted by Crippen LogP contribution is 2.33. The summed E-state index contributed by atoms with van der Waals surface area (Å²) in [5.41, 5.74) is 1.45. The molecule has 1 aliphatic rings. The van der Waals surface area contributed by atoms with Gasteiger partial charge < -0.3 is 14.2 Å². The second-order valence-corrected chi connectivity index (χ2v) is 8.52. The van der Waals surface area contributed by atoms with E-state index >= 15 is 0 Å². The molecule has 2 aromatic heterocycles. The van der Waals surface area contributed by atoms with Gasteiger partial charge in [0.25, 0.3) is 5.91 Å². The molecule has 0 radical (unpaired) electrons. The van der Waals surface area contributed by atoms with Crippen molar-refractivity contribution in [3.63, 3.8) is 0 Å². The number of amides is 1. The monoisotopic (exact) mass is 473 g/mol. The van der Waals surface area contributed by atoms with E-state index in [1.807, 2.05) is 30.0 Å². The minimum absolute atomic E-state index is 0.108. The van der Waals surface area contributed by atoms with Crippen LogP contribution in [0.15, 0.2) is 33.6 Å². The molecule has 3 heterocycles. The second kappa shape index (κ2) is 9.93. The Labute approximate surface area is 196 Å². The average molecular weight is 474 g/mol. The number of piperidine rings is 1. The summed E-state index contributed by atoms with van der Waals surface area (Å²) in [6.07, 6.45) is 1.44. The Kier molecular flexibility index (Phi) is 6.99. The Balaban J connectivity index is 1.52. The quantitative estimate of drug-likeness (QED) is 0.522. The molecular formula is C23H28ClN5O4. The van der Waals surface area contributed by atoms with Crippen LogP contribution in [0.25, 0.3) is 11.3 Å². The molecule has 1 amide bonds. The van der Waals surface area contributed by atoms with Crippen molar-refractivity contribution in [1.29, 1.82) is 0 Å². The van der Waals surface area contributed by atoms with E-state index in [1.165, 1.54) is 4.68 Å². The molecule has 1 aromatic carbocycles. The van der Waals surface area contributed by atoms with Crippen LogP contribution in [0.2, 0.25) is 5.02 Å². The summed E-state index contributed by atoms with van der Waals surface area (Å²) in [6.45, 7) is 6.19. The average Bonchev–Trinajstić information content (AvgIpc) is 3.36. The van der Waals surface area contributed by atoms with Gasteiger partial charge in [-0.15, -0.1) is 0 Å². The van der Waals surface area contributed by atoms with Gasteiger partial charge >= 0.3 is 5.69 Å². The molecule has 10 heteroatoms. The molecule has 4 rings (SSSR count). The smallest absolute Gasteiger partial charge is 0.345 e. The van der Waals surface area contributed by atoms with Gasteiger partial charge in [0.2, 0.25) is 0 Å². The second-order valence-electron chi connectivity index (χ2n) is 8.11. The Hall–Kier alpha value is -2.91. The van der Waals surface area contributed by atoms with Gasteiger partial charge in [0.15, 0.2) is 0 Å². The third-order valence-electron chi connectivity index (χ3n) is 6.13. The number of methoxy groups -OCH3 is 1. The van der Waals surface area contributed by atoms with E-state index in [4.69, 9.17) is 20.9 Å². The third kappa shape index (κ3) is 4.47. The lowest BCUT2D eigenvalue weighted by molar-refractivity contribution is 0.0709. The summed E-state index contributed by atoms with van der Waals surface area (Å²) in [5.74, 6) is 1.23. The maximum Gasteiger partial charge on any atom is 0.345 e. The molecular weight excluding hydrogens is 446 g/mol. The van der Waals surface area contributed by atoms with E-state index in [-0.39, 0.29) is 17.5 Å². The Bertz CT molecular complexity index is 1190. The van der Waals surface area contributed by atoms with Crippen LogP contribution in [0, 0.1) is 6.92 Å². The van der Waals surface area contributed by atoms with Gasteiger partial charge in [0, 0.05) is 38.2 Å². The molecule has 0 saturated carbocycles. The van der Waals surface area contributed by atoms with Crippen molar-refractivity contribution >= 4 is 17.5 Å². The van der Waals surface area contributed by atoms with E-state index in [9.17, 15) is 9.59 Å². The molecule has 9 nitrogen and oxygen atoms in total. The van der Waals surface area contributed by atoms with Crippen LogP contribution in [-0.2, 0) is 17.8 Å². The fourth-order valence-electron chi connectivity index (χ4n) is 4.34. The fraction of sp³-hybridized carbons (Fsp3) is 0.478. The van der Waals surface area contributed by atoms with Crippen LogP contribution in [-0.4, -0.2) is 57.1 Å². The van der Waals surface area contributed by atoms with E-state index in [0.29, 0.717) is 60.4 Å². The largest absolute Gasteiger partial charge is 0.383 e. The Morgan fingerprint density at radius 3 is 2.67 bits per heavy atom. The van der Waals surface area contributed by atoms with Crippen LogP contribution in [0.4, 0.5) is 0 Å². The molecule has 1 aliphatic heterocycles. The standard InChI is InChI=1S/C23H28ClN5O4/c1-4-28-21(25-29(23(28)31)13-14-32-3)16-9-11-27(12-10-16)22(30)19-15(2)33-26-20(19)17-7-5-6-8-18(17)24/h5-8,16H,4,9-14H2,1-3H3. The molecule has 0 spiro atoms. The number of aromatic nitrogens is 4. The van der Waals surface area contributed by atoms with E-state index in [1.54, 1.807) is 24.7 Å². The molecule has 1 fully saturated rings. The van der Waals surface area contributed by atoms with Crippen molar-refractivity contribution in [3.05, 3.63) is 56.9 Å². The number of nitrogens with zero attached hydrogens (tertiary/aromatic N) is 5. The van der Waals surface area contributed by atoms with Crippen LogP contribution >= 0.6 is 11.6 Å². The van der Waals surface area contributed by atoms with Crippen molar-refractivity contribution < 1.29 is 14.1 Å². The van der Waals surface area contributed by atoms with Crippen molar-refractivity contribution in [3.8, 4) is 11.3 Å². The Morgan fingerprint density at radius 2 is 2.00 bits per heavy atom. The number of carbonyl (C=O) groups excluding carboxylic acids is 1. The lowest BCUT2D eigenvalue weighted by atomic mass is 9.95. The number of aryl methyl sites for hydroxylation is 1. The lowest BCUT2D eigenvalue weighted by Gasteiger charge is -2.31. The van der Waals surface area contributed by atoms with Gasteiger partial charge in [-0.1, -0.05) is 35.0 Å². The summed E-state index contributed by atoms with van der Waals surface area (Å²) in [6, 6.07) is 7.27. The zero-order chi connectivity index (χ0) is 23.5. The minimum atomic E-state index is -0.124. The van der Waals surface area contributed by atoms with Crippen LogP contribution in [0.3, 0.4) is 0 Å². The first-order chi connectivity index (χ1) is 16.0. The zero-order valence-electron chi connectivity index (χ0n) is 19.1. The zero-order valence-corrected chi connectivity index (χ0v) is 19.8. The van der Waals surface area contributed by atoms with E-state index in [2.05, 4.69) is 10.3 Å². The van der Waals surface area contributed by atoms with E-state index in [0.717, 1.165) is 18.7 Å². The maximum absolute atomic E-state index is 13.4. The van der Waals surface area contributed by atoms with Crippen LogP contribution in [0.5, 0.6) is 0 Å². The van der Waals surface area contributed by atoms with Crippen molar-refractivity contribution in [2.75, 3.05) is 26.8 Å². The molecule has 0 bridgehead atoms. The number of rotatable bonds is 7. The molecule has 0 N–H and O–H groups in total. The molecule has 0 unspecified atom stereocenters. The Morgan fingerprint density at radius 1 is 1.27 bits per heavy atom. The van der Waals surface area contributed by atoms with Gasteiger partial charge in [-0.3, -0.25) is 9.36 Å². The minimum Gasteiger partial charge on any atom is -0.383 e.